The number of esters is 1. The van der Waals surface area contributed by atoms with Crippen LogP contribution in [-0.4, -0.2) is 58.3 Å². The van der Waals surface area contributed by atoms with Gasteiger partial charge >= 0.3 is 12.1 Å². The van der Waals surface area contributed by atoms with Crippen LogP contribution >= 0.6 is 0 Å². The first-order valence-electron chi connectivity index (χ1n) is 13.2. The first kappa shape index (κ1) is 33.7. The van der Waals surface area contributed by atoms with Gasteiger partial charge in [0.15, 0.2) is 0 Å². The van der Waals surface area contributed by atoms with E-state index in [1.165, 1.54) is 13.0 Å². The zero-order valence-electron chi connectivity index (χ0n) is 24.6. The first-order chi connectivity index (χ1) is 17.8. The Hall–Kier alpha value is -3.34. The smallest absolute Gasteiger partial charge is 0.407 e. The van der Waals surface area contributed by atoms with Crippen molar-refractivity contribution in [1.29, 1.82) is 0 Å². The number of alkyl carbamates (subject to hydrolysis) is 1. The summed E-state index contributed by atoms with van der Waals surface area (Å²) in [6.07, 6.45) is -0.0145. The van der Waals surface area contributed by atoms with Crippen molar-refractivity contribution in [3.8, 4) is 5.75 Å². The Morgan fingerprint density at radius 3 is 2.05 bits per heavy atom. The summed E-state index contributed by atoms with van der Waals surface area (Å²) in [5, 5.41) is 18.3. The summed E-state index contributed by atoms with van der Waals surface area (Å²) in [5.41, 5.74) is 5.31. The fourth-order valence-electron chi connectivity index (χ4n) is 3.40. The number of ether oxygens (including phenoxy) is 2. The van der Waals surface area contributed by atoms with Crippen LogP contribution in [0, 0.1) is 5.92 Å². The van der Waals surface area contributed by atoms with Crippen molar-refractivity contribution in [2.75, 3.05) is 5.32 Å². The maximum Gasteiger partial charge on any atom is 0.407 e. The molecule has 0 saturated carbocycles. The molecule has 0 aliphatic carbocycles. The summed E-state index contributed by atoms with van der Waals surface area (Å²) >= 11 is 0. The molecule has 0 bridgehead atoms. The Balaban J connectivity index is 3.00. The normalized spacial score (nSPS) is 14.1. The second-order valence-electron chi connectivity index (χ2n) is 12.0. The fraction of sp³-hybridized carbons (Fsp3) is 0.643. The molecule has 0 fully saturated rings. The fourth-order valence-corrected chi connectivity index (χ4v) is 3.40. The number of benzene rings is 1. The Kier molecular flexibility index (Phi) is 12.2. The maximum atomic E-state index is 12.7. The van der Waals surface area contributed by atoms with Crippen molar-refractivity contribution in [3.05, 3.63) is 23.8 Å². The maximum absolute atomic E-state index is 12.7. The van der Waals surface area contributed by atoms with Gasteiger partial charge in [-0.05, 0) is 84.9 Å². The lowest BCUT2D eigenvalue weighted by molar-refractivity contribution is -0.155. The van der Waals surface area contributed by atoms with Gasteiger partial charge < -0.3 is 36.3 Å². The SMILES string of the molecule is CC(C)[C@H](N)C(=O)N[C@@H](C)C(=O)Nc1cc(C[C@@H](CCC(=O)OC(C)(C)C)NC(=O)OC(C)(C)C)ccc1O. The molecule has 0 radical (unpaired) electrons. The predicted molar refractivity (Wildman–Crippen MR) is 149 cm³/mol. The summed E-state index contributed by atoms with van der Waals surface area (Å²) < 4.78 is 10.8. The van der Waals surface area contributed by atoms with Gasteiger partial charge in [-0.3, -0.25) is 14.4 Å². The molecule has 220 valence electrons. The molecule has 3 atom stereocenters. The second kappa shape index (κ2) is 14.2. The third kappa shape index (κ3) is 13.3. The molecular weight excluding hydrogens is 504 g/mol. The van der Waals surface area contributed by atoms with Crippen molar-refractivity contribution >= 4 is 29.6 Å². The van der Waals surface area contributed by atoms with Gasteiger partial charge in [-0.2, -0.15) is 0 Å². The van der Waals surface area contributed by atoms with E-state index in [-0.39, 0.29) is 36.6 Å². The number of nitrogens with two attached hydrogens (primary N) is 1. The third-order valence-electron chi connectivity index (χ3n) is 5.41. The van der Waals surface area contributed by atoms with E-state index in [1.807, 2.05) is 0 Å². The van der Waals surface area contributed by atoms with Gasteiger partial charge in [-0.1, -0.05) is 19.9 Å². The molecule has 0 saturated heterocycles. The highest BCUT2D eigenvalue weighted by Crippen LogP contribution is 2.26. The molecule has 0 unspecified atom stereocenters. The van der Waals surface area contributed by atoms with E-state index in [0.29, 0.717) is 5.56 Å². The molecule has 0 aromatic heterocycles. The number of nitrogens with one attached hydrogen (secondary N) is 3. The Morgan fingerprint density at radius 1 is 0.923 bits per heavy atom. The number of anilines is 1. The zero-order chi connectivity index (χ0) is 30.1. The highest BCUT2D eigenvalue weighted by atomic mass is 16.6. The second-order valence-corrected chi connectivity index (χ2v) is 12.0. The molecule has 39 heavy (non-hydrogen) atoms. The van der Waals surface area contributed by atoms with E-state index in [9.17, 15) is 24.3 Å². The number of phenols is 1. The summed E-state index contributed by atoms with van der Waals surface area (Å²) in [5.74, 6) is -1.66. The van der Waals surface area contributed by atoms with E-state index in [2.05, 4.69) is 16.0 Å². The molecule has 11 heteroatoms. The largest absolute Gasteiger partial charge is 0.506 e. The van der Waals surface area contributed by atoms with Gasteiger partial charge in [0.25, 0.3) is 0 Å². The zero-order valence-corrected chi connectivity index (χ0v) is 24.6. The quantitative estimate of drug-likeness (QED) is 0.206. The summed E-state index contributed by atoms with van der Waals surface area (Å²) in [7, 11) is 0. The van der Waals surface area contributed by atoms with Gasteiger partial charge in [0.2, 0.25) is 11.8 Å². The average Bonchev–Trinajstić information content (AvgIpc) is 2.76. The number of phenolic OH excluding ortho intramolecular Hbond substituents is 1. The van der Waals surface area contributed by atoms with E-state index in [4.69, 9.17) is 15.2 Å². The highest BCUT2D eigenvalue weighted by molar-refractivity contribution is 5.98. The van der Waals surface area contributed by atoms with Crippen molar-refractivity contribution in [1.82, 2.24) is 10.6 Å². The Morgan fingerprint density at radius 2 is 1.51 bits per heavy atom. The number of carbonyl (C=O) groups excluding carboxylic acids is 4. The van der Waals surface area contributed by atoms with Crippen LogP contribution < -0.4 is 21.7 Å². The van der Waals surface area contributed by atoms with Gasteiger partial charge in [0.1, 0.15) is 23.0 Å². The molecule has 1 aromatic carbocycles. The summed E-state index contributed by atoms with van der Waals surface area (Å²) in [6, 6.07) is 2.47. The minimum absolute atomic E-state index is 0.0646. The molecule has 0 spiro atoms. The van der Waals surface area contributed by atoms with Gasteiger partial charge in [0, 0.05) is 12.5 Å². The minimum Gasteiger partial charge on any atom is -0.506 e. The Labute approximate surface area is 231 Å². The molecule has 0 aliphatic rings. The molecule has 0 heterocycles. The van der Waals surface area contributed by atoms with E-state index in [1.54, 1.807) is 67.5 Å². The molecule has 11 nitrogen and oxygen atoms in total. The topological polar surface area (TPSA) is 169 Å². The molecule has 0 aliphatic heterocycles. The number of carbonyl (C=O) groups is 4. The monoisotopic (exact) mass is 550 g/mol. The van der Waals surface area contributed by atoms with Gasteiger partial charge in [-0.25, -0.2) is 4.79 Å². The third-order valence-corrected chi connectivity index (χ3v) is 5.41. The number of hydrogen-bond acceptors (Lipinski definition) is 8. The standard InChI is InChI=1S/C28H46N4O7/c1-16(2)23(29)25(36)30-17(3)24(35)32-20-15-18(10-12-21(20)33)14-19(31-26(37)39-28(7,8)9)11-13-22(34)38-27(4,5)6/h10,12,15-17,19,23,33H,11,13-14,29H2,1-9H3,(H,30,36)(H,31,37)(H,32,35)/t17-,19+,23-/m0/s1. The number of amides is 3. The van der Waals surface area contributed by atoms with Gasteiger partial charge in [-0.15, -0.1) is 0 Å². The molecule has 3 amide bonds. The molecular formula is C28H46N4O7. The van der Waals surface area contributed by atoms with E-state index < -0.39 is 53.2 Å². The van der Waals surface area contributed by atoms with Crippen LogP contribution in [0.3, 0.4) is 0 Å². The molecule has 1 rings (SSSR count). The van der Waals surface area contributed by atoms with Crippen LogP contribution in [0.2, 0.25) is 0 Å². The van der Waals surface area contributed by atoms with Crippen molar-refractivity contribution in [3.63, 3.8) is 0 Å². The summed E-state index contributed by atoms with van der Waals surface area (Å²) in [4.78, 5) is 49.7. The van der Waals surface area contributed by atoms with Crippen LogP contribution in [0.5, 0.6) is 5.75 Å². The molecule has 1 aromatic rings. The highest BCUT2D eigenvalue weighted by Gasteiger charge is 2.24. The van der Waals surface area contributed by atoms with Crippen LogP contribution in [0.4, 0.5) is 10.5 Å². The van der Waals surface area contributed by atoms with E-state index >= 15 is 0 Å². The van der Waals surface area contributed by atoms with Crippen molar-refractivity contribution in [2.45, 2.75) is 111 Å². The lowest BCUT2D eigenvalue weighted by atomic mass is 10.0. The predicted octanol–water partition coefficient (Wildman–Crippen LogP) is 3.38. The van der Waals surface area contributed by atoms with Crippen LogP contribution in [0.15, 0.2) is 18.2 Å². The molecule has 6 N–H and O–H groups in total. The van der Waals surface area contributed by atoms with E-state index in [0.717, 1.165) is 0 Å². The van der Waals surface area contributed by atoms with Gasteiger partial charge in [0.05, 0.1) is 11.7 Å². The first-order valence-corrected chi connectivity index (χ1v) is 13.2. The number of rotatable bonds is 11. The van der Waals surface area contributed by atoms with Crippen LogP contribution in [-0.2, 0) is 30.3 Å². The summed E-state index contributed by atoms with van der Waals surface area (Å²) in [6.45, 7) is 15.7. The minimum atomic E-state index is -0.902. The average molecular weight is 551 g/mol. The number of hydrogen-bond donors (Lipinski definition) is 5. The van der Waals surface area contributed by atoms with Crippen LogP contribution in [0.25, 0.3) is 0 Å². The van der Waals surface area contributed by atoms with Crippen LogP contribution in [0.1, 0.15) is 80.7 Å². The Bertz CT molecular complexity index is 1010. The lowest BCUT2D eigenvalue weighted by Crippen LogP contribution is -2.50. The van der Waals surface area contributed by atoms with Crippen molar-refractivity contribution < 1.29 is 33.8 Å². The number of aromatic hydroxyl groups is 1. The van der Waals surface area contributed by atoms with Crippen molar-refractivity contribution in [2.24, 2.45) is 11.7 Å². The lowest BCUT2D eigenvalue weighted by Gasteiger charge is -2.25.